The van der Waals surface area contributed by atoms with Gasteiger partial charge in [-0.2, -0.15) is 0 Å². The highest BCUT2D eigenvalue weighted by molar-refractivity contribution is 6.30. The lowest BCUT2D eigenvalue weighted by Crippen LogP contribution is -2.25. The number of hydrogen-bond donors (Lipinski definition) is 0. The van der Waals surface area contributed by atoms with E-state index in [0.717, 1.165) is 31.1 Å². The SMILES string of the molecule is Clc1ccc(CN(CCc2ccccc2)Cc2ccccc2)cc1. The Morgan fingerprint density at radius 1 is 0.583 bits per heavy atom. The van der Waals surface area contributed by atoms with E-state index in [9.17, 15) is 0 Å². The minimum absolute atomic E-state index is 0.789. The van der Waals surface area contributed by atoms with Crippen LogP contribution in [0.1, 0.15) is 16.7 Å². The average molecular weight is 336 g/mol. The predicted octanol–water partition coefficient (Wildman–Crippen LogP) is 5.58. The molecule has 0 atom stereocenters. The van der Waals surface area contributed by atoms with Gasteiger partial charge in [0.25, 0.3) is 0 Å². The smallest absolute Gasteiger partial charge is 0.0406 e. The Morgan fingerprint density at radius 3 is 1.67 bits per heavy atom. The van der Waals surface area contributed by atoms with Crippen molar-refractivity contribution >= 4 is 11.6 Å². The van der Waals surface area contributed by atoms with Crippen LogP contribution in [0.2, 0.25) is 5.02 Å². The van der Waals surface area contributed by atoms with Crippen LogP contribution in [0.4, 0.5) is 0 Å². The molecular formula is C22H22ClN. The quantitative estimate of drug-likeness (QED) is 0.544. The Balaban J connectivity index is 1.68. The van der Waals surface area contributed by atoms with Crippen molar-refractivity contribution in [2.45, 2.75) is 19.5 Å². The Kier molecular flexibility index (Phi) is 6.06. The molecule has 0 bridgehead atoms. The van der Waals surface area contributed by atoms with Crippen LogP contribution in [-0.4, -0.2) is 11.4 Å². The van der Waals surface area contributed by atoms with E-state index in [1.807, 2.05) is 12.1 Å². The van der Waals surface area contributed by atoms with Gasteiger partial charge in [0.1, 0.15) is 0 Å². The summed E-state index contributed by atoms with van der Waals surface area (Å²) in [6.45, 7) is 2.91. The molecule has 0 aliphatic carbocycles. The fourth-order valence-corrected chi connectivity index (χ4v) is 2.96. The van der Waals surface area contributed by atoms with Gasteiger partial charge in [0.2, 0.25) is 0 Å². The second kappa shape index (κ2) is 8.68. The summed E-state index contributed by atoms with van der Waals surface area (Å²) in [6, 6.07) is 29.5. The summed E-state index contributed by atoms with van der Waals surface area (Å²) >= 11 is 6.01. The van der Waals surface area contributed by atoms with Crippen molar-refractivity contribution in [3.63, 3.8) is 0 Å². The summed E-state index contributed by atoms with van der Waals surface area (Å²) in [6.07, 6.45) is 1.06. The molecule has 0 aromatic heterocycles. The van der Waals surface area contributed by atoms with Crippen LogP contribution in [0.3, 0.4) is 0 Å². The van der Waals surface area contributed by atoms with Gasteiger partial charge in [0.05, 0.1) is 0 Å². The largest absolute Gasteiger partial charge is 0.295 e. The summed E-state index contributed by atoms with van der Waals surface area (Å²) in [5, 5.41) is 0.789. The second-order valence-electron chi connectivity index (χ2n) is 6.06. The van der Waals surface area contributed by atoms with Crippen molar-refractivity contribution in [2.24, 2.45) is 0 Å². The van der Waals surface area contributed by atoms with Gasteiger partial charge in [-0.05, 0) is 35.2 Å². The summed E-state index contributed by atoms with van der Waals surface area (Å²) in [4.78, 5) is 2.49. The molecule has 0 radical (unpaired) electrons. The molecule has 122 valence electrons. The molecule has 0 aliphatic heterocycles. The summed E-state index contributed by atoms with van der Waals surface area (Å²) in [7, 11) is 0. The molecule has 0 heterocycles. The first-order valence-corrected chi connectivity index (χ1v) is 8.72. The monoisotopic (exact) mass is 335 g/mol. The van der Waals surface area contributed by atoms with E-state index in [-0.39, 0.29) is 0 Å². The van der Waals surface area contributed by atoms with Gasteiger partial charge < -0.3 is 0 Å². The lowest BCUT2D eigenvalue weighted by Gasteiger charge is -2.23. The summed E-state index contributed by atoms with van der Waals surface area (Å²) in [5.74, 6) is 0. The lowest BCUT2D eigenvalue weighted by atomic mass is 10.1. The van der Waals surface area contributed by atoms with E-state index in [0.29, 0.717) is 0 Å². The maximum Gasteiger partial charge on any atom is 0.0406 e. The molecule has 1 nitrogen and oxygen atoms in total. The van der Waals surface area contributed by atoms with Gasteiger partial charge in [0, 0.05) is 24.7 Å². The average Bonchev–Trinajstić information content (AvgIpc) is 2.63. The van der Waals surface area contributed by atoms with Crippen LogP contribution in [0.25, 0.3) is 0 Å². The molecule has 3 rings (SSSR count). The Hall–Kier alpha value is -2.09. The van der Waals surface area contributed by atoms with E-state index in [1.165, 1.54) is 16.7 Å². The third-order valence-electron chi connectivity index (χ3n) is 4.13. The minimum Gasteiger partial charge on any atom is -0.295 e. The first kappa shape index (κ1) is 16.8. The second-order valence-corrected chi connectivity index (χ2v) is 6.49. The molecule has 0 saturated heterocycles. The molecular weight excluding hydrogens is 314 g/mol. The van der Waals surface area contributed by atoms with Crippen molar-refractivity contribution in [3.05, 3.63) is 107 Å². The predicted molar refractivity (Wildman–Crippen MR) is 102 cm³/mol. The standard InChI is InChI=1S/C22H22ClN/c23-22-13-11-21(12-14-22)18-24(17-20-9-5-2-6-10-20)16-15-19-7-3-1-4-8-19/h1-14H,15-18H2. The number of halogens is 1. The summed E-state index contributed by atoms with van der Waals surface area (Å²) < 4.78 is 0. The maximum atomic E-state index is 6.01. The van der Waals surface area contributed by atoms with Gasteiger partial charge in [-0.1, -0.05) is 84.4 Å². The fourth-order valence-electron chi connectivity index (χ4n) is 2.84. The Labute approximate surface area is 149 Å². The first-order chi connectivity index (χ1) is 11.8. The third-order valence-corrected chi connectivity index (χ3v) is 4.38. The molecule has 0 N–H and O–H groups in total. The Bertz CT molecular complexity index is 723. The van der Waals surface area contributed by atoms with Crippen molar-refractivity contribution in [3.8, 4) is 0 Å². The van der Waals surface area contributed by atoms with Crippen LogP contribution in [0, 0.1) is 0 Å². The zero-order valence-electron chi connectivity index (χ0n) is 13.7. The van der Waals surface area contributed by atoms with Gasteiger partial charge in [-0.25, -0.2) is 0 Å². The van der Waals surface area contributed by atoms with Crippen molar-refractivity contribution in [2.75, 3.05) is 6.54 Å². The van der Waals surface area contributed by atoms with Gasteiger partial charge in [0.15, 0.2) is 0 Å². The molecule has 0 fully saturated rings. The molecule has 2 heteroatoms. The van der Waals surface area contributed by atoms with Gasteiger partial charge in [-0.15, -0.1) is 0 Å². The normalized spacial score (nSPS) is 10.9. The number of rotatable bonds is 7. The molecule has 3 aromatic rings. The van der Waals surface area contributed by atoms with Crippen LogP contribution in [0.5, 0.6) is 0 Å². The minimum atomic E-state index is 0.789. The zero-order valence-corrected chi connectivity index (χ0v) is 14.5. The van der Waals surface area contributed by atoms with Crippen LogP contribution < -0.4 is 0 Å². The van der Waals surface area contributed by atoms with Crippen LogP contribution in [0.15, 0.2) is 84.9 Å². The molecule has 24 heavy (non-hydrogen) atoms. The van der Waals surface area contributed by atoms with Crippen LogP contribution >= 0.6 is 11.6 Å². The third kappa shape index (κ3) is 5.23. The highest BCUT2D eigenvalue weighted by Gasteiger charge is 2.08. The summed E-state index contributed by atoms with van der Waals surface area (Å²) in [5.41, 5.74) is 4.02. The van der Waals surface area contributed by atoms with Crippen LogP contribution in [-0.2, 0) is 19.5 Å². The fraction of sp³-hybridized carbons (Fsp3) is 0.182. The van der Waals surface area contributed by atoms with E-state index in [4.69, 9.17) is 11.6 Å². The molecule has 0 aliphatic rings. The van der Waals surface area contributed by atoms with E-state index in [1.54, 1.807) is 0 Å². The van der Waals surface area contributed by atoms with E-state index in [2.05, 4.69) is 77.7 Å². The van der Waals surface area contributed by atoms with Crippen molar-refractivity contribution < 1.29 is 0 Å². The number of hydrogen-bond acceptors (Lipinski definition) is 1. The van der Waals surface area contributed by atoms with Crippen molar-refractivity contribution in [1.29, 1.82) is 0 Å². The number of benzene rings is 3. The zero-order chi connectivity index (χ0) is 16.6. The molecule has 0 spiro atoms. The Morgan fingerprint density at radius 2 is 1.08 bits per heavy atom. The lowest BCUT2D eigenvalue weighted by molar-refractivity contribution is 0.260. The molecule has 0 amide bonds. The highest BCUT2D eigenvalue weighted by atomic mass is 35.5. The maximum absolute atomic E-state index is 6.01. The molecule has 3 aromatic carbocycles. The van der Waals surface area contributed by atoms with E-state index >= 15 is 0 Å². The topological polar surface area (TPSA) is 3.24 Å². The van der Waals surface area contributed by atoms with E-state index < -0.39 is 0 Å². The van der Waals surface area contributed by atoms with Gasteiger partial charge >= 0.3 is 0 Å². The first-order valence-electron chi connectivity index (χ1n) is 8.34. The van der Waals surface area contributed by atoms with Crippen molar-refractivity contribution in [1.82, 2.24) is 4.90 Å². The molecule has 0 saturated carbocycles. The van der Waals surface area contributed by atoms with Gasteiger partial charge in [-0.3, -0.25) is 4.90 Å². The number of nitrogens with zero attached hydrogens (tertiary/aromatic N) is 1. The molecule has 0 unspecified atom stereocenters. The highest BCUT2D eigenvalue weighted by Crippen LogP contribution is 2.14.